The zero-order valence-electron chi connectivity index (χ0n) is 20.0. The average Bonchev–Trinajstić information content (AvgIpc) is 2.87. The van der Waals surface area contributed by atoms with E-state index in [1.165, 1.54) is 13.2 Å². The number of ether oxygens (including phenoxy) is 4. The molecule has 0 aromatic heterocycles. The SMILES string of the molecule is COc1cc(C/C=C\C(=O)c2ccc(Cl)cc2)c(/C=C\c2cc(OC)c(OC)c(OC)c2)cc1O. The van der Waals surface area contributed by atoms with Gasteiger partial charge < -0.3 is 24.1 Å². The highest BCUT2D eigenvalue weighted by Crippen LogP contribution is 2.39. The zero-order chi connectivity index (χ0) is 25.4. The molecule has 3 aromatic carbocycles. The summed E-state index contributed by atoms with van der Waals surface area (Å²) >= 11 is 5.89. The van der Waals surface area contributed by atoms with E-state index < -0.39 is 0 Å². The lowest BCUT2D eigenvalue weighted by Crippen LogP contribution is -1.96. The summed E-state index contributed by atoms with van der Waals surface area (Å²) in [5, 5.41) is 10.9. The van der Waals surface area contributed by atoms with Crippen LogP contribution in [0.4, 0.5) is 0 Å². The number of carbonyl (C=O) groups is 1. The van der Waals surface area contributed by atoms with Crippen molar-refractivity contribution in [2.75, 3.05) is 28.4 Å². The van der Waals surface area contributed by atoms with E-state index in [1.807, 2.05) is 24.3 Å². The van der Waals surface area contributed by atoms with Gasteiger partial charge in [0.15, 0.2) is 28.8 Å². The molecule has 0 atom stereocenters. The van der Waals surface area contributed by atoms with Crippen molar-refractivity contribution in [3.05, 3.63) is 88.0 Å². The van der Waals surface area contributed by atoms with E-state index in [0.717, 1.165) is 16.7 Å². The first-order valence-corrected chi connectivity index (χ1v) is 11.1. The molecule has 0 amide bonds. The van der Waals surface area contributed by atoms with E-state index in [9.17, 15) is 9.90 Å². The Morgan fingerprint density at radius 2 is 1.49 bits per heavy atom. The fourth-order valence-corrected chi connectivity index (χ4v) is 3.63. The van der Waals surface area contributed by atoms with Crippen LogP contribution in [0.1, 0.15) is 27.0 Å². The molecule has 0 radical (unpaired) electrons. The fourth-order valence-electron chi connectivity index (χ4n) is 3.51. The number of phenols is 1. The van der Waals surface area contributed by atoms with Crippen LogP contribution in [0, 0.1) is 0 Å². The minimum absolute atomic E-state index is 0.0158. The Morgan fingerprint density at radius 1 is 0.857 bits per heavy atom. The molecule has 1 N–H and O–H groups in total. The number of hydrogen-bond donors (Lipinski definition) is 1. The monoisotopic (exact) mass is 494 g/mol. The van der Waals surface area contributed by atoms with Crippen molar-refractivity contribution in [2.45, 2.75) is 6.42 Å². The number of halogens is 1. The predicted octanol–water partition coefficient (Wildman–Crippen LogP) is 6.23. The molecule has 3 aromatic rings. The number of hydrogen-bond acceptors (Lipinski definition) is 6. The van der Waals surface area contributed by atoms with Gasteiger partial charge in [0, 0.05) is 10.6 Å². The molecule has 35 heavy (non-hydrogen) atoms. The largest absolute Gasteiger partial charge is 0.504 e. The molecule has 0 aliphatic carbocycles. The first-order chi connectivity index (χ1) is 16.9. The third kappa shape index (κ3) is 6.37. The summed E-state index contributed by atoms with van der Waals surface area (Å²) < 4.78 is 21.5. The predicted molar refractivity (Wildman–Crippen MR) is 138 cm³/mol. The van der Waals surface area contributed by atoms with E-state index in [2.05, 4.69) is 0 Å². The molecular weight excluding hydrogens is 468 g/mol. The van der Waals surface area contributed by atoms with Gasteiger partial charge in [0.2, 0.25) is 5.75 Å². The topological polar surface area (TPSA) is 74.2 Å². The second-order valence-electron chi connectivity index (χ2n) is 7.49. The summed E-state index contributed by atoms with van der Waals surface area (Å²) in [6.45, 7) is 0. The maximum absolute atomic E-state index is 12.4. The summed E-state index contributed by atoms with van der Waals surface area (Å²) in [5.74, 6) is 1.82. The minimum Gasteiger partial charge on any atom is -0.504 e. The molecule has 0 heterocycles. The second kappa shape index (κ2) is 12.0. The quantitative estimate of drug-likeness (QED) is 0.204. The highest BCUT2D eigenvalue weighted by atomic mass is 35.5. The number of carbonyl (C=O) groups excluding carboxylic acids is 1. The Morgan fingerprint density at radius 3 is 2.06 bits per heavy atom. The Kier molecular flexibility index (Phi) is 8.81. The maximum Gasteiger partial charge on any atom is 0.203 e. The van der Waals surface area contributed by atoms with Crippen LogP contribution in [0.25, 0.3) is 12.2 Å². The standard InChI is InChI=1S/C28H27ClO6/c1-32-25-17-20(6-5-7-23(30)19-10-12-22(29)13-11-19)21(16-24(25)31)9-8-18-14-26(33-2)28(35-4)27(15-18)34-3/h5,7-17,31H,6H2,1-4H3/b7-5-,9-8-. The van der Waals surface area contributed by atoms with Crippen LogP contribution in [0.3, 0.4) is 0 Å². The lowest BCUT2D eigenvalue weighted by molar-refractivity contribution is 0.104. The van der Waals surface area contributed by atoms with Crippen molar-refractivity contribution < 1.29 is 28.8 Å². The smallest absolute Gasteiger partial charge is 0.203 e. The second-order valence-corrected chi connectivity index (χ2v) is 7.93. The number of phenolic OH excluding ortho intramolecular Hbond substituents is 1. The summed E-state index contributed by atoms with van der Waals surface area (Å²) in [6, 6.07) is 13.8. The van der Waals surface area contributed by atoms with Crippen LogP contribution in [0.2, 0.25) is 5.02 Å². The average molecular weight is 495 g/mol. The number of allylic oxidation sites excluding steroid dienone is 2. The van der Waals surface area contributed by atoms with Gasteiger partial charge in [-0.3, -0.25) is 4.79 Å². The summed E-state index contributed by atoms with van der Waals surface area (Å²) in [5.41, 5.74) is 3.00. The van der Waals surface area contributed by atoms with Gasteiger partial charge in [0.1, 0.15) is 0 Å². The Balaban J connectivity index is 1.90. The molecule has 0 spiro atoms. The highest BCUT2D eigenvalue weighted by molar-refractivity contribution is 6.30. The van der Waals surface area contributed by atoms with Gasteiger partial charge in [-0.15, -0.1) is 0 Å². The van der Waals surface area contributed by atoms with Gasteiger partial charge in [-0.25, -0.2) is 0 Å². The van der Waals surface area contributed by atoms with Gasteiger partial charge in [-0.2, -0.15) is 0 Å². The minimum atomic E-state index is -0.123. The molecular formula is C28H27ClO6. The van der Waals surface area contributed by atoms with E-state index in [1.54, 1.807) is 63.8 Å². The fraction of sp³-hybridized carbons (Fsp3) is 0.179. The van der Waals surface area contributed by atoms with Gasteiger partial charge >= 0.3 is 0 Å². The van der Waals surface area contributed by atoms with Gasteiger partial charge in [0.25, 0.3) is 0 Å². The van der Waals surface area contributed by atoms with Crippen molar-refractivity contribution in [3.8, 4) is 28.7 Å². The highest BCUT2D eigenvalue weighted by Gasteiger charge is 2.13. The van der Waals surface area contributed by atoms with Crippen molar-refractivity contribution in [1.29, 1.82) is 0 Å². The van der Waals surface area contributed by atoms with Crippen LogP contribution in [-0.2, 0) is 6.42 Å². The number of aromatic hydroxyl groups is 1. The first-order valence-electron chi connectivity index (χ1n) is 10.7. The molecule has 0 aliphatic rings. The van der Waals surface area contributed by atoms with Crippen LogP contribution in [0.5, 0.6) is 28.7 Å². The Hall–Kier alpha value is -3.90. The van der Waals surface area contributed by atoms with Gasteiger partial charge in [-0.1, -0.05) is 29.8 Å². The normalized spacial score (nSPS) is 11.1. The number of benzene rings is 3. The summed E-state index contributed by atoms with van der Waals surface area (Å²) in [6.07, 6.45) is 7.49. The van der Waals surface area contributed by atoms with E-state index >= 15 is 0 Å². The number of ketones is 1. The molecule has 0 fully saturated rings. The van der Waals surface area contributed by atoms with Crippen LogP contribution in [0.15, 0.2) is 60.7 Å². The van der Waals surface area contributed by atoms with Gasteiger partial charge in [-0.05, 0) is 77.7 Å². The third-order valence-corrected chi connectivity index (χ3v) is 5.57. The Labute approximate surface area is 210 Å². The first kappa shape index (κ1) is 25.7. The van der Waals surface area contributed by atoms with Crippen molar-refractivity contribution in [2.24, 2.45) is 0 Å². The molecule has 0 saturated carbocycles. The lowest BCUT2D eigenvalue weighted by atomic mass is 10.0. The van der Waals surface area contributed by atoms with E-state index in [4.69, 9.17) is 30.5 Å². The van der Waals surface area contributed by atoms with Crippen LogP contribution in [-0.4, -0.2) is 39.3 Å². The summed E-state index contributed by atoms with van der Waals surface area (Å²) in [7, 11) is 6.15. The summed E-state index contributed by atoms with van der Waals surface area (Å²) in [4.78, 5) is 12.4. The molecule has 182 valence electrons. The lowest BCUT2D eigenvalue weighted by Gasteiger charge is -2.13. The molecule has 0 aliphatic heterocycles. The van der Waals surface area contributed by atoms with Crippen molar-refractivity contribution in [1.82, 2.24) is 0 Å². The van der Waals surface area contributed by atoms with Crippen LogP contribution < -0.4 is 18.9 Å². The van der Waals surface area contributed by atoms with Crippen molar-refractivity contribution in [3.63, 3.8) is 0 Å². The Bertz CT molecular complexity index is 1220. The zero-order valence-corrected chi connectivity index (χ0v) is 20.8. The molecule has 0 saturated heterocycles. The molecule has 6 nitrogen and oxygen atoms in total. The third-order valence-electron chi connectivity index (χ3n) is 5.32. The molecule has 0 unspecified atom stereocenters. The van der Waals surface area contributed by atoms with Crippen molar-refractivity contribution >= 4 is 29.5 Å². The molecule has 0 bridgehead atoms. The van der Waals surface area contributed by atoms with E-state index in [-0.39, 0.29) is 11.5 Å². The number of methoxy groups -OCH3 is 4. The maximum atomic E-state index is 12.4. The van der Waals surface area contributed by atoms with E-state index in [0.29, 0.717) is 40.0 Å². The van der Waals surface area contributed by atoms with Gasteiger partial charge in [0.05, 0.1) is 28.4 Å². The molecule has 7 heteroatoms. The van der Waals surface area contributed by atoms with Crippen LogP contribution >= 0.6 is 11.6 Å². The number of rotatable bonds is 10. The molecule has 3 rings (SSSR count).